The van der Waals surface area contributed by atoms with Crippen molar-refractivity contribution in [1.82, 2.24) is 4.57 Å². The summed E-state index contributed by atoms with van der Waals surface area (Å²) < 4.78 is 93.8. The molecule has 8 heteroatoms. The number of alkyl halides is 6. The standard InChI is InChI=1S/C74H50F6N2/c1-43-10-5-14-48(32-43)52-21-27-58-61(37-52)62-38-53(49-15-6-11-44(2)33-49)22-28-59(62)72(58)57-26-20-47(42-81)36-60(57)63-41-56(71-66(73(75,76)77)18-9-19-67(71)74(78,79)80)25-31-68(63)82-69-29-23-54(50-16-7-12-45(3)34-50)39-64(69)65-40-55(24-30-70(65)82)51-17-8-13-46(4)35-51/h5-41,72H,1-4H3. The number of hydrogen-bond donors (Lipinski definition) is 0. The molecule has 1 heterocycles. The first-order chi connectivity index (χ1) is 39.5. The Hall–Kier alpha value is -9.71. The molecule has 0 N–H and O–H groups in total. The minimum Gasteiger partial charge on any atom is -0.309 e. The Morgan fingerprint density at radius 2 is 0.707 bits per heavy atom. The fraction of sp³-hybridized carbons (Fsp3) is 0.0946. The Balaban J connectivity index is 1.12. The summed E-state index contributed by atoms with van der Waals surface area (Å²) in [6.45, 7) is 8.20. The van der Waals surface area contributed by atoms with Gasteiger partial charge in [-0.3, -0.25) is 0 Å². The largest absolute Gasteiger partial charge is 0.417 e. The highest BCUT2D eigenvalue weighted by molar-refractivity contribution is 6.12. The number of halogens is 6. The van der Waals surface area contributed by atoms with E-state index in [-0.39, 0.29) is 11.1 Å². The molecule has 0 radical (unpaired) electrons. The lowest BCUT2D eigenvalue weighted by Crippen LogP contribution is -2.14. The van der Waals surface area contributed by atoms with Crippen LogP contribution in [-0.4, -0.2) is 4.57 Å². The second-order valence-electron chi connectivity index (χ2n) is 21.7. The predicted molar refractivity (Wildman–Crippen MR) is 320 cm³/mol. The van der Waals surface area contributed by atoms with Gasteiger partial charge in [0.2, 0.25) is 0 Å². The van der Waals surface area contributed by atoms with Crippen molar-refractivity contribution in [3.63, 3.8) is 0 Å². The maximum absolute atomic E-state index is 15.3. The number of aromatic nitrogens is 1. The van der Waals surface area contributed by atoms with Crippen LogP contribution in [0.2, 0.25) is 0 Å². The van der Waals surface area contributed by atoms with E-state index in [4.69, 9.17) is 0 Å². The molecule has 0 spiro atoms. The van der Waals surface area contributed by atoms with Gasteiger partial charge in [0.15, 0.2) is 0 Å². The molecule has 0 fully saturated rings. The molecule has 2 nitrogen and oxygen atoms in total. The van der Waals surface area contributed by atoms with Gasteiger partial charge in [0.25, 0.3) is 0 Å². The van der Waals surface area contributed by atoms with Crippen LogP contribution in [-0.2, 0) is 12.4 Å². The highest BCUT2D eigenvalue weighted by atomic mass is 19.4. The van der Waals surface area contributed by atoms with Crippen LogP contribution < -0.4 is 0 Å². The Morgan fingerprint density at radius 3 is 1.12 bits per heavy atom. The molecule has 0 aliphatic heterocycles. The summed E-state index contributed by atoms with van der Waals surface area (Å²) in [4.78, 5) is 0. The van der Waals surface area contributed by atoms with Crippen LogP contribution in [0.4, 0.5) is 26.3 Å². The zero-order valence-electron chi connectivity index (χ0n) is 45.1. The van der Waals surface area contributed by atoms with Crippen LogP contribution in [0.1, 0.15) is 61.6 Å². The molecule has 0 saturated carbocycles. The first-order valence-electron chi connectivity index (χ1n) is 27.1. The van der Waals surface area contributed by atoms with Gasteiger partial charge in [-0.25, -0.2) is 0 Å². The van der Waals surface area contributed by atoms with Crippen molar-refractivity contribution in [1.29, 1.82) is 5.26 Å². The first-order valence-corrected chi connectivity index (χ1v) is 27.1. The smallest absolute Gasteiger partial charge is 0.309 e. The topological polar surface area (TPSA) is 28.7 Å². The number of aryl methyl sites for hydroxylation is 4. The number of nitriles is 1. The maximum atomic E-state index is 15.3. The van der Waals surface area contributed by atoms with Crippen LogP contribution in [0.25, 0.3) is 105 Å². The van der Waals surface area contributed by atoms with E-state index < -0.39 is 35.0 Å². The number of nitrogens with zero attached hydrogens (tertiary/aromatic N) is 2. The summed E-state index contributed by atoms with van der Waals surface area (Å²) in [6.07, 6.45) is -10.3. The average Bonchev–Trinajstić information content (AvgIpc) is 2.97. The molecule has 12 aromatic rings. The molecule has 1 aliphatic rings. The van der Waals surface area contributed by atoms with E-state index in [0.717, 1.165) is 117 Å². The Labute approximate surface area is 471 Å². The Kier molecular flexibility index (Phi) is 12.5. The number of fused-ring (bicyclic) bond motifs is 6. The van der Waals surface area contributed by atoms with E-state index in [1.807, 2.05) is 80.6 Å². The molecule has 0 bridgehead atoms. The third-order valence-corrected chi connectivity index (χ3v) is 16.2. The molecule has 398 valence electrons. The third-order valence-electron chi connectivity index (χ3n) is 16.2. The fourth-order valence-electron chi connectivity index (χ4n) is 12.4. The van der Waals surface area contributed by atoms with E-state index in [1.54, 1.807) is 18.2 Å². The normalized spacial score (nSPS) is 12.5. The van der Waals surface area contributed by atoms with E-state index >= 15 is 26.3 Å². The van der Waals surface area contributed by atoms with E-state index in [1.165, 1.54) is 12.1 Å². The van der Waals surface area contributed by atoms with Gasteiger partial charge in [0.1, 0.15) is 0 Å². The zero-order valence-corrected chi connectivity index (χ0v) is 45.1. The summed E-state index contributed by atoms with van der Waals surface area (Å²) in [5, 5.41) is 12.6. The Bertz CT molecular complexity index is 4390. The van der Waals surface area contributed by atoms with Gasteiger partial charge in [-0.2, -0.15) is 31.6 Å². The molecule has 82 heavy (non-hydrogen) atoms. The second-order valence-corrected chi connectivity index (χ2v) is 21.7. The quantitative estimate of drug-likeness (QED) is 0.139. The number of rotatable bonds is 8. The highest BCUT2D eigenvalue weighted by Gasteiger charge is 2.42. The van der Waals surface area contributed by atoms with Gasteiger partial charge in [0, 0.05) is 27.8 Å². The van der Waals surface area contributed by atoms with E-state index in [0.29, 0.717) is 34.5 Å². The average molecular weight is 1080 g/mol. The van der Waals surface area contributed by atoms with Crippen molar-refractivity contribution in [2.24, 2.45) is 0 Å². The maximum Gasteiger partial charge on any atom is 0.417 e. The van der Waals surface area contributed by atoms with Gasteiger partial charge < -0.3 is 4.57 Å². The Morgan fingerprint density at radius 1 is 0.354 bits per heavy atom. The van der Waals surface area contributed by atoms with Crippen LogP contribution in [0.15, 0.2) is 224 Å². The molecule has 1 aliphatic carbocycles. The molecule has 0 atom stereocenters. The summed E-state index contributed by atoms with van der Waals surface area (Å²) in [5.41, 5.74) is 16.1. The van der Waals surface area contributed by atoms with Crippen molar-refractivity contribution < 1.29 is 26.3 Å². The minimum atomic E-state index is -5.15. The molecule has 0 saturated heterocycles. The SMILES string of the molecule is Cc1cccc(-c2ccc3c(c2)-c2cc(-c4cccc(C)c4)ccc2C3c2ccc(C#N)cc2-c2cc(-c3c(C(F)(F)F)cccc3C(F)(F)F)ccc2-n2c3ccc(-c4cccc(C)c4)cc3c3cc(-c4cccc(C)c4)ccc32)c1. The summed E-state index contributed by atoms with van der Waals surface area (Å²) in [5.74, 6) is -0.498. The first kappa shape index (κ1) is 51.7. The van der Waals surface area contributed by atoms with Crippen molar-refractivity contribution in [2.75, 3.05) is 0 Å². The van der Waals surface area contributed by atoms with E-state index in [9.17, 15) is 5.26 Å². The molecular formula is C74H50F6N2. The lowest BCUT2D eigenvalue weighted by atomic mass is 9.82. The predicted octanol–water partition coefficient (Wildman–Crippen LogP) is 21.1. The van der Waals surface area contributed by atoms with Gasteiger partial charge in [-0.15, -0.1) is 0 Å². The van der Waals surface area contributed by atoms with Crippen molar-refractivity contribution >= 4 is 21.8 Å². The lowest BCUT2D eigenvalue weighted by molar-refractivity contribution is -0.142. The van der Waals surface area contributed by atoms with Crippen LogP contribution in [0.3, 0.4) is 0 Å². The molecule has 0 unspecified atom stereocenters. The zero-order chi connectivity index (χ0) is 56.8. The van der Waals surface area contributed by atoms with Gasteiger partial charge in [0.05, 0.1) is 39.5 Å². The second kappa shape index (κ2) is 19.8. The van der Waals surface area contributed by atoms with E-state index in [2.05, 4.69) is 134 Å². The number of hydrogen-bond acceptors (Lipinski definition) is 1. The highest BCUT2D eigenvalue weighted by Crippen LogP contribution is 2.54. The molecule has 11 aromatic carbocycles. The fourth-order valence-corrected chi connectivity index (χ4v) is 12.4. The molecular weight excluding hydrogens is 1030 g/mol. The van der Waals surface area contributed by atoms with Crippen molar-refractivity contribution in [3.8, 4) is 89.6 Å². The third kappa shape index (κ3) is 9.13. The number of benzene rings is 11. The molecule has 13 rings (SSSR count). The summed E-state index contributed by atoms with van der Waals surface area (Å²) in [7, 11) is 0. The van der Waals surface area contributed by atoms with Crippen molar-refractivity contribution in [3.05, 3.63) is 280 Å². The lowest BCUT2D eigenvalue weighted by Gasteiger charge is -2.24. The van der Waals surface area contributed by atoms with Crippen molar-refractivity contribution in [2.45, 2.75) is 46.0 Å². The van der Waals surface area contributed by atoms with Crippen LogP contribution >= 0.6 is 0 Å². The monoisotopic (exact) mass is 1080 g/mol. The van der Waals surface area contributed by atoms with Crippen LogP contribution in [0.5, 0.6) is 0 Å². The molecule has 1 aromatic heterocycles. The summed E-state index contributed by atoms with van der Waals surface area (Å²) >= 11 is 0. The summed E-state index contributed by atoms with van der Waals surface area (Å²) in [6, 6.07) is 72.8. The van der Waals surface area contributed by atoms with Gasteiger partial charge >= 0.3 is 12.4 Å². The molecule has 0 amide bonds. The van der Waals surface area contributed by atoms with Gasteiger partial charge in [-0.05, 0) is 184 Å². The van der Waals surface area contributed by atoms with Gasteiger partial charge in [-0.1, -0.05) is 174 Å². The minimum absolute atomic E-state index is 0.262. The van der Waals surface area contributed by atoms with Crippen LogP contribution in [0, 0.1) is 39.0 Å².